The van der Waals surface area contributed by atoms with E-state index in [4.69, 9.17) is 5.26 Å². The van der Waals surface area contributed by atoms with Gasteiger partial charge in [-0.25, -0.2) is 4.98 Å². The van der Waals surface area contributed by atoms with Crippen molar-refractivity contribution in [3.63, 3.8) is 0 Å². The molecule has 3 rings (SSSR count). The van der Waals surface area contributed by atoms with Gasteiger partial charge in [-0.2, -0.15) is 5.26 Å². The highest BCUT2D eigenvalue weighted by molar-refractivity contribution is 5.76. The smallest absolute Gasteiger partial charge is 0.111 e. The van der Waals surface area contributed by atoms with Crippen LogP contribution in [0.25, 0.3) is 11.0 Å². The average molecular weight is 247 g/mol. The van der Waals surface area contributed by atoms with Gasteiger partial charge in [0.1, 0.15) is 5.82 Å². The van der Waals surface area contributed by atoms with Crippen molar-refractivity contribution in [3.8, 4) is 6.07 Å². The quantitative estimate of drug-likeness (QED) is 0.772. The van der Waals surface area contributed by atoms with Gasteiger partial charge in [-0.3, -0.25) is 0 Å². The topological polar surface area (TPSA) is 52.5 Å². The summed E-state index contributed by atoms with van der Waals surface area (Å²) in [5.74, 6) is 0.954. The zero-order valence-corrected chi connectivity index (χ0v) is 10.4. The van der Waals surface area contributed by atoms with Crippen molar-refractivity contribution in [1.29, 1.82) is 5.26 Å². The summed E-state index contributed by atoms with van der Waals surface area (Å²) in [7, 11) is 0. The van der Waals surface area contributed by atoms with Gasteiger partial charge in [0.15, 0.2) is 0 Å². The fourth-order valence-corrected chi connectivity index (χ4v) is 2.18. The van der Waals surface area contributed by atoms with Gasteiger partial charge in [-0.15, -0.1) is 0 Å². The van der Waals surface area contributed by atoms with Crippen molar-refractivity contribution >= 4 is 11.0 Å². The molecule has 3 heteroatoms. The first-order chi connectivity index (χ1) is 9.35. The number of hydrogen-bond acceptors (Lipinski definition) is 2. The van der Waals surface area contributed by atoms with E-state index in [1.165, 1.54) is 5.56 Å². The predicted molar refractivity (Wildman–Crippen MR) is 74.7 cm³/mol. The monoisotopic (exact) mass is 247 g/mol. The number of rotatable bonds is 3. The molecule has 0 saturated carbocycles. The van der Waals surface area contributed by atoms with Crippen molar-refractivity contribution in [2.75, 3.05) is 0 Å². The lowest BCUT2D eigenvalue weighted by Gasteiger charge is -1.96. The van der Waals surface area contributed by atoms with E-state index in [1.807, 2.05) is 36.4 Å². The van der Waals surface area contributed by atoms with Crippen molar-refractivity contribution in [3.05, 3.63) is 65.5 Å². The number of aromatic amines is 1. The molecule has 3 nitrogen and oxygen atoms in total. The number of nitrogens with zero attached hydrogens (tertiary/aromatic N) is 2. The summed E-state index contributed by atoms with van der Waals surface area (Å²) in [6, 6.07) is 18.3. The molecular formula is C16H13N3. The lowest BCUT2D eigenvalue weighted by Crippen LogP contribution is -1.89. The van der Waals surface area contributed by atoms with E-state index in [0.29, 0.717) is 6.42 Å². The summed E-state index contributed by atoms with van der Waals surface area (Å²) in [5, 5.41) is 8.72. The maximum atomic E-state index is 8.72. The van der Waals surface area contributed by atoms with Crippen LogP contribution in [0.3, 0.4) is 0 Å². The molecular weight excluding hydrogens is 234 g/mol. The SMILES string of the molecule is N#CCc1ccc2nc(Cc3ccccc3)[nH]c2c1. The number of aromatic nitrogens is 2. The summed E-state index contributed by atoms with van der Waals surface area (Å²) in [6.45, 7) is 0. The minimum Gasteiger partial charge on any atom is -0.342 e. The molecule has 19 heavy (non-hydrogen) atoms. The number of fused-ring (bicyclic) bond motifs is 1. The Balaban J connectivity index is 1.91. The third kappa shape index (κ3) is 2.48. The predicted octanol–water partition coefficient (Wildman–Crippen LogP) is 3.22. The summed E-state index contributed by atoms with van der Waals surface area (Å²) >= 11 is 0. The van der Waals surface area contributed by atoms with E-state index in [1.54, 1.807) is 0 Å². The Bertz CT molecular complexity index is 736. The van der Waals surface area contributed by atoms with Gasteiger partial charge in [0.05, 0.1) is 23.5 Å². The Kier molecular flexibility index (Phi) is 2.99. The standard InChI is InChI=1S/C16H13N3/c17-9-8-13-6-7-14-15(10-13)19-16(18-14)11-12-4-2-1-3-5-12/h1-7,10H,8,11H2,(H,18,19). The van der Waals surface area contributed by atoms with E-state index in [9.17, 15) is 0 Å². The van der Waals surface area contributed by atoms with Gasteiger partial charge in [0.2, 0.25) is 0 Å². The molecule has 1 heterocycles. The number of benzene rings is 2. The minimum absolute atomic E-state index is 0.434. The van der Waals surface area contributed by atoms with Crippen molar-refractivity contribution in [1.82, 2.24) is 9.97 Å². The first-order valence-electron chi connectivity index (χ1n) is 6.23. The van der Waals surface area contributed by atoms with Crippen LogP contribution in [-0.2, 0) is 12.8 Å². The first kappa shape index (κ1) is 11.5. The average Bonchev–Trinajstić information content (AvgIpc) is 2.82. The minimum atomic E-state index is 0.434. The summed E-state index contributed by atoms with van der Waals surface area (Å²) < 4.78 is 0. The highest BCUT2D eigenvalue weighted by atomic mass is 14.9. The molecule has 2 aromatic carbocycles. The van der Waals surface area contributed by atoms with Gasteiger partial charge in [-0.05, 0) is 23.3 Å². The van der Waals surface area contributed by atoms with Gasteiger partial charge >= 0.3 is 0 Å². The molecule has 0 saturated heterocycles. The van der Waals surface area contributed by atoms with Crippen LogP contribution in [0.4, 0.5) is 0 Å². The van der Waals surface area contributed by atoms with Crippen LogP contribution < -0.4 is 0 Å². The fourth-order valence-electron chi connectivity index (χ4n) is 2.18. The van der Waals surface area contributed by atoms with Crippen molar-refractivity contribution in [2.24, 2.45) is 0 Å². The molecule has 0 aliphatic carbocycles. The van der Waals surface area contributed by atoms with E-state index >= 15 is 0 Å². The van der Waals surface area contributed by atoms with E-state index in [2.05, 4.69) is 28.2 Å². The van der Waals surface area contributed by atoms with Crippen LogP contribution in [0, 0.1) is 11.3 Å². The van der Waals surface area contributed by atoms with Gasteiger partial charge < -0.3 is 4.98 Å². The molecule has 1 N–H and O–H groups in total. The molecule has 0 unspecified atom stereocenters. The summed E-state index contributed by atoms with van der Waals surface area (Å²) in [5.41, 5.74) is 4.20. The Morgan fingerprint density at radius 2 is 1.89 bits per heavy atom. The Labute approximate surface area is 111 Å². The second-order valence-electron chi connectivity index (χ2n) is 4.53. The zero-order valence-electron chi connectivity index (χ0n) is 10.4. The molecule has 1 aromatic heterocycles. The number of nitrogens with one attached hydrogen (secondary N) is 1. The van der Waals surface area contributed by atoms with Crippen LogP contribution in [0.1, 0.15) is 17.0 Å². The van der Waals surface area contributed by atoms with Gasteiger partial charge in [-0.1, -0.05) is 36.4 Å². The molecule has 0 radical (unpaired) electrons. The largest absolute Gasteiger partial charge is 0.342 e. The van der Waals surface area contributed by atoms with Crippen molar-refractivity contribution in [2.45, 2.75) is 12.8 Å². The molecule has 0 bridgehead atoms. The van der Waals surface area contributed by atoms with Crippen molar-refractivity contribution < 1.29 is 0 Å². The lowest BCUT2D eigenvalue weighted by atomic mass is 10.1. The Morgan fingerprint density at radius 3 is 2.68 bits per heavy atom. The molecule has 3 aromatic rings. The first-order valence-corrected chi connectivity index (χ1v) is 6.23. The molecule has 0 aliphatic heterocycles. The molecule has 0 fully saturated rings. The molecule has 0 amide bonds. The maximum Gasteiger partial charge on any atom is 0.111 e. The van der Waals surface area contributed by atoms with E-state index in [-0.39, 0.29) is 0 Å². The highest BCUT2D eigenvalue weighted by Gasteiger charge is 2.04. The van der Waals surface area contributed by atoms with E-state index in [0.717, 1.165) is 28.8 Å². The molecule has 0 spiro atoms. The summed E-state index contributed by atoms with van der Waals surface area (Å²) in [4.78, 5) is 7.89. The van der Waals surface area contributed by atoms with E-state index < -0.39 is 0 Å². The van der Waals surface area contributed by atoms with Gasteiger partial charge in [0, 0.05) is 6.42 Å². The molecule has 0 atom stereocenters. The van der Waals surface area contributed by atoms with Gasteiger partial charge in [0.25, 0.3) is 0 Å². The Hall–Kier alpha value is -2.60. The van der Waals surface area contributed by atoms with Crippen LogP contribution in [0.15, 0.2) is 48.5 Å². The number of hydrogen-bond donors (Lipinski definition) is 1. The maximum absolute atomic E-state index is 8.72. The van der Waals surface area contributed by atoms with Crippen LogP contribution in [-0.4, -0.2) is 9.97 Å². The molecule has 0 aliphatic rings. The lowest BCUT2D eigenvalue weighted by molar-refractivity contribution is 1.04. The normalized spacial score (nSPS) is 10.5. The third-order valence-corrected chi connectivity index (χ3v) is 3.09. The Morgan fingerprint density at radius 1 is 1.05 bits per heavy atom. The summed E-state index contributed by atoms with van der Waals surface area (Å²) in [6.07, 6.45) is 1.23. The number of H-pyrrole nitrogens is 1. The third-order valence-electron chi connectivity index (χ3n) is 3.09. The number of nitriles is 1. The second kappa shape index (κ2) is 4.95. The van der Waals surface area contributed by atoms with Crippen LogP contribution in [0.2, 0.25) is 0 Å². The number of imidazole rings is 1. The second-order valence-corrected chi connectivity index (χ2v) is 4.53. The van der Waals surface area contributed by atoms with Crippen LogP contribution in [0.5, 0.6) is 0 Å². The molecule has 92 valence electrons. The zero-order chi connectivity index (χ0) is 13.1. The highest BCUT2D eigenvalue weighted by Crippen LogP contribution is 2.16. The fraction of sp³-hybridized carbons (Fsp3) is 0.125. The van der Waals surface area contributed by atoms with Crippen LogP contribution >= 0.6 is 0 Å².